The lowest BCUT2D eigenvalue weighted by molar-refractivity contribution is -0.146. The van der Waals surface area contributed by atoms with Crippen LogP contribution >= 0.6 is 0 Å². The van der Waals surface area contributed by atoms with Crippen LogP contribution in [0.25, 0.3) is 0 Å². The van der Waals surface area contributed by atoms with Gasteiger partial charge in [0.1, 0.15) is 0 Å². The number of rotatable bonds is 7. The van der Waals surface area contributed by atoms with E-state index >= 15 is 0 Å². The third kappa shape index (κ3) is 3.65. The van der Waals surface area contributed by atoms with Gasteiger partial charge in [0, 0.05) is 0 Å². The van der Waals surface area contributed by atoms with Gasteiger partial charge >= 0.3 is 5.97 Å². The van der Waals surface area contributed by atoms with Crippen LogP contribution in [-0.4, -0.2) is 18.7 Å². The minimum atomic E-state index is -0.712. The van der Waals surface area contributed by atoms with Crippen LogP contribution in [0, 0.1) is 5.92 Å². The Labute approximate surface area is 119 Å². The van der Waals surface area contributed by atoms with Gasteiger partial charge in [-0.25, -0.2) is 14.8 Å². The number of carbonyl (C=O) groups is 1. The van der Waals surface area contributed by atoms with Crippen molar-refractivity contribution >= 4 is 5.97 Å². The Hall–Kier alpha value is -1.71. The fourth-order valence-corrected chi connectivity index (χ4v) is 2.25. The number of para-hydroxylation sites is 2. The lowest BCUT2D eigenvalue weighted by Gasteiger charge is -2.15. The summed E-state index contributed by atoms with van der Waals surface area (Å²) in [7, 11) is 0. The molecule has 1 aliphatic heterocycles. The molecule has 1 aliphatic rings. The van der Waals surface area contributed by atoms with E-state index in [1.807, 2.05) is 24.3 Å². The monoisotopic (exact) mass is 274 g/mol. The van der Waals surface area contributed by atoms with Crippen LogP contribution in [0.15, 0.2) is 34.3 Å². The van der Waals surface area contributed by atoms with Crippen molar-refractivity contribution in [1.29, 1.82) is 0 Å². The van der Waals surface area contributed by atoms with Gasteiger partial charge in [0.15, 0.2) is 0 Å². The van der Waals surface area contributed by atoms with E-state index in [-0.39, 0.29) is 5.97 Å². The summed E-state index contributed by atoms with van der Waals surface area (Å²) in [5.41, 5.74) is 0. The minimum absolute atomic E-state index is 0.337. The second kappa shape index (κ2) is 7.17. The molecule has 1 aromatic rings. The molecule has 0 aliphatic carbocycles. The van der Waals surface area contributed by atoms with Gasteiger partial charge in [-0.2, -0.15) is 0 Å². The Kier molecular flexibility index (Phi) is 5.27. The lowest BCUT2D eigenvalue weighted by Crippen LogP contribution is -2.22. The molecular formula is C16H22N2O2. The molecule has 0 spiro atoms. The summed E-state index contributed by atoms with van der Waals surface area (Å²) in [5, 5.41) is 1.54. The summed E-state index contributed by atoms with van der Waals surface area (Å²) in [6.45, 7) is 4.79. The maximum absolute atomic E-state index is 12.0. The van der Waals surface area contributed by atoms with Crippen molar-refractivity contribution in [3.8, 4) is 0 Å². The summed E-state index contributed by atoms with van der Waals surface area (Å²) in [4.78, 5) is 20.6. The number of unbranched alkanes of at least 4 members (excludes halogenated alkanes) is 1. The Morgan fingerprint density at radius 1 is 1.25 bits per heavy atom. The van der Waals surface area contributed by atoms with Crippen LogP contribution in [-0.2, 0) is 9.53 Å². The topological polar surface area (TPSA) is 51.0 Å². The number of carbonyl (C=O) groups excluding carboxylic acids is 1. The molecule has 1 atom stereocenters. The zero-order valence-electron chi connectivity index (χ0n) is 12.2. The molecule has 1 aromatic carbocycles. The molecule has 1 heterocycles. The van der Waals surface area contributed by atoms with Gasteiger partial charge in [-0.05, 0) is 24.5 Å². The highest BCUT2D eigenvalue weighted by atomic mass is 16.5. The highest BCUT2D eigenvalue weighted by Crippen LogP contribution is 2.13. The van der Waals surface area contributed by atoms with Crippen LogP contribution in [0.4, 0.5) is 0 Å². The molecule has 2 rings (SSSR count). The van der Waals surface area contributed by atoms with Crippen molar-refractivity contribution in [3.05, 3.63) is 35.0 Å². The molecule has 4 heteroatoms. The largest absolute Gasteiger partial charge is 0.462 e. The molecular weight excluding hydrogens is 252 g/mol. The summed E-state index contributed by atoms with van der Waals surface area (Å²) >= 11 is 0. The van der Waals surface area contributed by atoms with E-state index in [4.69, 9.17) is 4.74 Å². The molecule has 108 valence electrons. The van der Waals surface area contributed by atoms with Gasteiger partial charge in [0.2, 0.25) is 6.17 Å². The van der Waals surface area contributed by atoms with Crippen molar-refractivity contribution in [1.82, 2.24) is 0 Å². The van der Waals surface area contributed by atoms with Gasteiger partial charge in [0.05, 0.1) is 17.3 Å². The van der Waals surface area contributed by atoms with Crippen LogP contribution in [0.2, 0.25) is 0 Å². The quantitative estimate of drug-likeness (QED) is 0.714. The van der Waals surface area contributed by atoms with E-state index in [9.17, 15) is 4.79 Å². The van der Waals surface area contributed by atoms with E-state index in [0.717, 1.165) is 23.6 Å². The molecule has 0 saturated carbocycles. The molecule has 0 bridgehead atoms. The predicted molar refractivity (Wildman–Crippen MR) is 76.8 cm³/mol. The van der Waals surface area contributed by atoms with Crippen LogP contribution in [0.1, 0.15) is 39.5 Å². The second-order valence-electron chi connectivity index (χ2n) is 5.17. The maximum atomic E-state index is 12.0. The number of esters is 1. The first-order valence-corrected chi connectivity index (χ1v) is 7.42. The SMILES string of the molecule is CCCCC(CC)COC(=O)C1N=c2ccccc2=N1. The first kappa shape index (κ1) is 14.7. The smallest absolute Gasteiger partial charge is 0.353 e. The third-order valence-corrected chi connectivity index (χ3v) is 3.62. The first-order chi connectivity index (χ1) is 9.74. The summed E-state index contributed by atoms with van der Waals surface area (Å²) in [6.07, 6.45) is 3.79. The van der Waals surface area contributed by atoms with Gasteiger partial charge in [0.25, 0.3) is 0 Å². The third-order valence-electron chi connectivity index (χ3n) is 3.62. The molecule has 1 unspecified atom stereocenters. The Morgan fingerprint density at radius 3 is 2.45 bits per heavy atom. The molecule has 0 N–H and O–H groups in total. The summed E-state index contributed by atoms with van der Waals surface area (Å²) in [5.74, 6) is 0.110. The molecule has 0 saturated heterocycles. The maximum Gasteiger partial charge on any atom is 0.353 e. The van der Waals surface area contributed by atoms with E-state index < -0.39 is 6.17 Å². The van der Waals surface area contributed by atoms with Crippen molar-refractivity contribution in [2.45, 2.75) is 45.7 Å². The first-order valence-electron chi connectivity index (χ1n) is 7.42. The Balaban J connectivity index is 1.89. The van der Waals surface area contributed by atoms with Crippen molar-refractivity contribution in [2.24, 2.45) is 15.9 Å². The van der Waals surface area contributed by atoms with Gasteiger partial charge < -0.3 is 4.74 Å². The average molecular weight is 274 g/mol. The zero-order valence-corrected chi connectivity index (χ0v) is 12.2. The van der Waals surface area contributed by atoms with Crippen LogP contribution < -0.4 is 10.7 Å². The number of nitrogens with zero attached hydrogens (tertiary/aromatic N) is 2. The summed E-state index contributed by atoms with van der Waals surface area (Å²) < 4.78 is 5.38. The highest BCUT2D eigenvalue weighted by molar-refractivity contribution is 5.75. The van der Waals surface area contributed by atoms with Gasteiger partial charge in [-0.3, -0.25) is 0 Å². The van der Waals surface area contributed by atoms with E-state index in [0.29, 0.717) is 12.5 Å². The zero-order chi connectivity index (χ0) is 14.4. The molecule has 0 aromatic heterocycles. The van der Waals surface area contributed by atoms with Gasteiger partial charge in [-0.15, -0.1) is 0 Å². The number of benzene rings is 1. The van der Waals surface area contributed by atoms with E-state index in [2.05, 4.69) is 23.8 Å². The number of fused-ring (bicyclic) bond motifs is 1. The number of ether oxygens (including phenoxy) is 1. The fourth-order valence-electron chi connectivity index (χ4n) is 2.25. The van der Waals surface area contributed by atoms with Crippen LogP contribution in [0.3, 0.4) is 0 Å². The number of hydrogen-bond acceptors (Lipinski definition) is 4. The normalized spacial score (nSPS) is 15.1. The van der Waals surface area contributed by atoms with Crippen molar-refractivity contribution < 1.29 is 9.53 Å². The average Bonchev–Trinajstić information content (AvgIpc) is 2.91. The van der Waals surface area contributed by atoms with E-state index in [1.54, 1.807) is 0 Å². The Morgan fingerprint density at radius 2 is 1.90 bits per heavy atom. The number of hydrogen-bond donors (Lipinski definition) is 0. The molecule has 20 heavy (non-hydrogen) atoms. The lowest BCUT2D eigenvalue weighted by atomic mass is 10.0. The standard InChI is InChI=1S/C16H22N2O2/c1-3-5-8-12(4-2)11-20-16(19)15-17-13-9-6-7-10-14(13)18-15/h6-7,9-10,12,15H,3-5,8,11H2,1-2H3. The summed E-state index contributed by atoms with van der Waals surface area (Å²) in [6, 6.07) is 7.51. The minimum Gasteiger partial charge on any atom is -0.462 e. The van der Waals surface area contributed by atoms with Crippen LogP contribution in [0.5, 0.6) is 0 Å². The van der Waals surface area contributed by atoms with Crippen molar-refractivity contribution in [2.75, 3.05) is 6.61 Å². The second-order valence-corrected chi connectivity index (χ2v) is 5.17. The predicted octanol–water partition coefficient (Wildman–Crippen LogP) is 2.03. The molecule has 0 amide bonds. The molecule has 0 radical (unpaired) electrons. The van der Waals surface area contributed by atoms with E-state index in [1.165, 1.54) is 12.8 Å². The fraction of sp³-hybridized carbons (Fsp3) is 0.562. The van der Waals surface area contributed by atoms with Gasteiger partial charge in [-0.1, -0.05) is 45.2 Å². The highest BCUT2D eigenvalue weighted by Gasteiger charge is 2.21. The van der Waals surface area contributed by atoms with Crippen molar-refractivity contribution in [3.63, 3.8) is 0 Å². The molecule has 0 fully saturated rings. The Bertz CT molecular complexity index is 533. The molecule has 4 nitrogen and oxygen atoms in total.